The highest BCUT2D eigenvalue weighted by atomic mass is 16.5. The number of rotatable bonds is 0. The number of nitrogens with two attached hydrogens (primary N) is 1. The van der Waals surface area contributed by atoms with Crippen LogP contribution in [0.5, 0.6) is 0 Å². The largest absolute Gasteiger partial charge is 0.320 e. The molecule has 2 heterocycles. The van der Waals surface area contributed by atoms with Gasteiger partial charge in [0.1, 0.15) is 5.78 Å². The molecular weight excluding hydrogens is 430 g/mol. The summed E-state index contributed by atoms with van der Waals surface area (Å²) in [6.45, 7) is 24.5. The van der Waals surface area contributed by atoms with Gasteiger partial charge in [-0.15, -0.1) is 0 Å². The summed E-state index contributed by atoms with van der Waals surface area (Å²) in [5.74, 6) is 2.58. The summed E-state index contributed by atoms with van der Waals surface area (Å²) in [5, 5.41) is 2.61. The molecule has 2 N–H and O–H groups in total. The van der Waals surface area contributed by atoms with Crippen molar-refractivity contribution in [2.45, 2.75) is 138 Å². The van der Waals surface area contributed by atoms with Gasteiger partial charge < -0.3 is 10.1 Å². The number of fused-ring (bicyclic) bond motifs is 7. The van der Waals surface area contributed by atoms with Crippen LogP contribution in [0.1, 0.15) is 127 Å². The molecule has 0 aromatic carbocycles. The second-order valence-corrected chi connectivity index (χ2v) is 16.3. The first kappa shape index (κ1) is 24.9. The molecule has 3 nitrogen and oxygen atoms in total. The lowest BCUT2D eigenvalue weighted by Gasteiger charge is -2.73. The minimum Gasteiger partial charge on any atom is -0.320 e. The number of ether oxygens (including phenoxy) is 1. The topological polar surface area (TPSA) is 42.9 Å². The number of carbonyl (C=O) groups excluding carboxylic acids is 1. The summed E-state index contributed by atoms with van der Waals surface area (Å²) in [7, 11) is 0. The standard InChI is InChI=1S/C32H53NO2/c1-21-10-15-32(33-19-21)22(2)31(9)29(7)17-16-26(4)24(27(29,5)20-30(31,8)35-32)12-13-25(3)18-23(34)11-14-28(25,26)6/h21-22,24,33H,10-20H2,1-9H3/p+1/t21-,22-,24+,25-,26-,27-,28-,29-,30-,31+,32-/m0/s1. The highest BCUT2D eigenvalue weighted by Gasteiger charge is 2.84. The van der Waals surface area contributed by atoms with Gasteiger partial charge in [0.15, 0.2) is 0 Å². The average Bonchev–Trinajstić information content (AvgIpc) is 3.02. The maximum Gasteiger partial charge on any atom is 0.203 e. The van der Waals surface area contributed by atoms with Crippen LogP contribution < -0.4 is 5.32 Å². The molecule has 0 bridgehead atoms. The number of hydrogen-bond acceptors (Lipinski definition) is 2. The maximum absolute atomic E-state index is 12.6. The molecule has 4 saturated carbocycles. The van der Waals surface area contributed by atoms with Gasteiger partial charge in [-0.05, 0) is 84.9 Å². The van der Waals surface area contributed by atoms with Gasteiger partial charge in [-0.25, -0.2) is 0 Å². The Morgan fingerprint density at radius 3 is 2.20 bits per heavy atom. The molecule has 11 atom stereocenters. The first-order valence-electron chi connectivity index (χ1n) is 15.1. The summed E-state index contributed by atoms with van der Waals surface area (Å²) in [6, 6.07) is 0. The predicted molar refractivity (Wildman–Crippen MR) is 141 cm³/mol. The minimum atomic E-state index is -0.0670. The molecular formula is C32H54NO2+. The summed E-state index contributed by atoms with van der Waals surface area (Å²) in [5.41, 5.74) is 1.35. The monoisotopic (exact) mass is 484 g/mol. The van der Waals surface area contributed by atoms with Gasteiger partial charge in [-0.2, -0.15) is 0 Å². The number of ketones is 1. The lowest BCUT2D eigenvalue weighted by molar-refractivity contribution is -0.788. The van der Waals surface area contributed by atoms with E-state index in [0.717, 1.165) is 25.2 Å². The molecule has 4 aliphatic carbocycles. The molecule has 2 saturated heterocycles. The Morgan fingerprint density at radius 1 is 0.829 bits per heavy atom. The summed E-state index contributed by atoms with van der Waals surface area (Å²) < 4.78 is 7.47. The highest BCUT2D eigenvalue weighted by molar-refractivity contribution is 5.80. The molecule has 6 rings (SSSR count). The predicted octanol–water partition coefficient (Wildman–Crippen LogP) is 6.50. The van der Waals surface area contributed by atoms with E-state index in [1.54, 1.807) is 0 Å². The van der Waals surface area contributed by atoms with E-state index >= 15 is 0 Å². The van der Waals surface area contributed by atoms with Crippen LogP contribution in [-0.4, -0.2) is 23.7 Å². The van der Waals surface area contributed by atoms with E-state index in [0.29, 0.717) is 23.0 Å². The summed E-state index contributed by atoms with van der Waals surface area (Å²) in [6.07, 6.45) is 11.6. The maximum atomic E-state index is 12.6. The van der Waals surface area contributed by atoms with Crippen molar-refractivity contribution in [3.8, 4) is 0 Å². The quantitative estimate of drug-likeness (QED) is 0.426. The fourth-order valence-electron chi connectivity index (χ4n) is 12.9. The second kappa shape index (κ2) is 6.77. The van der Waals surface area contributed by atoms with Crippen LogP contribution in [0.25, 0.3) is 0 Å². The average molecular weight is 485 g/mol. The highest BCUT2D eigenvalue weighted by Crippen LogP contribution is 2.85. The van der Waals surface area contributed by atoms with E-state index in [2.05, 4.69) is 67.6 Å². The molecule has 0 amide bonds. The molecule has 0 radical (unpaired) electrons. The van der Waals surface area contributed by atoms with Gasteiger partial charge in [-0.3, -0.25) is 4.79 Å². The number of Topliss-reactive ketones (excluding diaryl/α,β-unsaturated/α-hetero) is 1. The molecule has 6 fully saturated rings. The van der Waals surface area contributed by atoms with Crippen LogP contribution in [0.3, 0.4) is 0 Å². The zero-order chi connectivity index (χ0) is 25.5. The van der Waals surface area contributed by atoms with Gasteiger partial charge in [0.2, 0.25) is 5.72 Å². The molecule has 198 valence electrons. The zero-order valence-electron chi connectivity index (χ0n) is 24.4. The number of hydrogen-bond donors (Lipinski definition) is 1. The van der Waals surface area contributed by atoms with E-state index in [1.807, 2.05) is 0 Å². The van der Waals surface area contributed by atoms with Crippen molar-refractivity contribution in [2.24, 2.45) is 50.2 Å². The zero-order valence-corrected chi connectivity index (χ0v) is 24.4. The van der Waals surface area contributed by atoms with E-state index in [9.17, 15) is 4.79 Å². The number of quaternary nitrogens is 1. The third-order valence-electron chi connectivity index (χ3n) is 15.9. The molecule has 0 unspecified atom stereocenters. The third-order valence-corrected chi connectivity index (χ3v) is 15.9. The second-order valence-electron chi connectivity index (χ2n) is 16.3. The molecule has 6 aliphatic rings. The number of carbonyl (C=O) groups is 1. The van der Waals surface area contributed by atoms with Crippen LogP contribution in [-0.2, 0) is 9.53 Å². The van der Waals surface area contributed by atoms with Crippen molar-refractivity contribution in [1.82, 2.24) is 0 Å². The molecule has 0 aromatic heterocycles. The van der Waals surface area contributed by atoms with Crippen molar-refractivity contribution in [1.29, 1.82) is 0 Å². The van der Waals surface area contributed by atoms with E-state index in [4.69, 9.17) is 4.74 Å². The van der Waals surface area contributed by atoms with Crippen LogP contribution in [0.2, 0.25) is 0 Å². The van der Waals surface area contributed by atoms with Crippen molar-refractivity contribution in [3.05, 3.63) is 0 Å². The van der Waals surface area contributed by atoms with Gasteiger partial charge in [0, 0.05) is 36.5 Å². The molecule has 35 heavy (non-hydrogen) atoms. The van der Waals surface area contributed by atoms with Gasteiger partial charge in [0.05, 0.1) is 12.1 Å². The van der Waals surface area contributed by atoms with Crippen LogP contribution >= 0.6 is 0 Å². The van der Waals surface area contributed by atoms with Crippen molar-refractivity contribution in [2.75, 3.05) is 6.54 Å². The van der Waals surface area contributed by atoms with Gasteiger partial charge >= 0.3 is 0 Å². The summed E-state index contributed by atoms with van der Waals surface area (Å²) in [4.78, 5) is 12.6. The molecule has 0 aromatic rings. The van der Waals surface area contributed by atoms with E-state index in [-0.39, 0.29) is 38.4 Å². The van der Waals surface area contributed by atoms with Crippen LogP contribution in [0.15, 0.2) is 0 Å². The third kappa shape index (κ3) is 2.47. The lowest BCUT2D eigenvalue weighted by Crippen LogP contribution is -3.01. The Hall–Kier alpha value is -0.410. The fourth-order valence-corrected chi connectivity index (χ4v) is 12.9. The Bertz CT molecular complexity index is 953. The molecule has 3 heteroatoms. The molecule has 1 spiro atoms. The fraction of sp³-hybridized carbons (Fsp3) is 0.969. The first-order valence-corrected chi connectivity index (χ1v) is 15.1. The Kier molecular flexibility index (Phi) is 4.82. The Labute approximate surface area is 215 Å². The van der Waals surface area contributed by atoms with Crippen LogP contribution in [0, 0.1) is 50.2 Å². The van der Waals surface area contributed by atoms with E-state index in [1.165, 1.54) is 51.5 Å². The molecule has 2 aliphatic heterocycles. The Balaban J connectivity index is 1.43. The van der Waals surface area contributed by atoms with Gasteiger partial charge in [0.25, 0.3) is 0 Å². The SMILES string of the molecule is C[C@H]1CC[C@]2([NH2+]C1)O[C@@]1(C)C[C@@]3(C)[C@@H]4CC[C@@]5(C)CC(=O)CC[C@]5(C)[C@@]4(C)CC[C@]3(C)[C@@]1(C)[C@@H]2C. The van der Waals surface area contributed by atoms with Gasteiger partial charge in [-0.1, -0.05) is 55.4 Å². The normalized spacial score (nSPS) is 63.9. The number of piperidine rings is 1. The minimum absolute atomic E-state index is 0.0258. The first-order chi connectivity index (χ1) is 16.1. The summed E-state index contributed by atoms with van der Waals surface area (Å²) >= 11 is 0. The van der Waals surface area contributed by atoms with Crippen molar-refractivity contribution >= 4 is 5.78 Å². The Morgan fingerprint density at radius 2 is 1.54 bits per heavy atom. The van der Waals surface area contributed by atoms with Crippen molar-refractivity contribution < 1.29 is 14.8 Å². The smallest absolute Gasteiger partial charge is 0.203 e. The van der Waals surface area contributed by atoms with Crippen molar-refractivity contribution in [3.63, 3.8) is 0 Å². The lowest BCUT2D eigenvalue weighted by atomic mass is 9.31. The van der Waals surface area contributed by atoms with Crippen LogP contribution in [0.4, 0.5) is 0 Å². The van der Waals surface area contributed by atoms with E-state index < -0.39 is 0 Å².